The van der Waals surface area contributed by atoms with Gasteiger partial charge in [0.25, 0.3) is 5.56 Å². The highest BCUT2D eigenvalue weighted by Crippen LogP contribution is 2.43. The molecule has 1 aliphatic carbocycles. The van der Waals surface area contributed by atoms with Crippen molar-refractivity contribution in [1.29, 1.82) is 0 Å². The molecular formula is C12H12N2O3S2. The first-order chi connectivity index (χ1) is 9.08. The van der Waals surface area contributed by atoms with Crippen LogP contribution in [0.2, 0.25) is 0 Å². The average molecular weight is 296 g/mol. The first-order valence-corrected chi connectivity index (χ1v) is 7.79. The number of thioether (sulfide) groups is 1. The molecule has 1 saturated carbocycles. The zero-order valence-corrected chi connectivity index (χ0v) is 11.8. The summed E-state index contributed by atoms with van der Waals surface area (Å²) in [6.07, 6.45) is 0.956. The summed E-state index contributed by atoms with van der Waals surface area (Å²) < 4.78 is 1.67. The molecule has 5 nitrogen and oxygen atoms in total. The van der Waals surface area contributed by atoms with Crippen molar-refractivity contribution in [1.82, 2.24) is 9.55 Å². The van der Waals surface area contributed by atoms with Crippen LogP contribution in [0.15, 0.2) is 21.4 Å². The Morgan fingerprint density at radius 1 is 1.68 bits per heavy atom. The van der Waals surface area contributed by atoms with Crippen molar-refractivity contribution < 1.29 is 9.90 Å². The van der Waals surface area contributed by atoms with E-state index in [0.717, 1.165) is 18.2 Å². The molecular weight excluding hydrogens is 284 g/mol. The zero-order chi connectivity index (χ0) is 13.6. The van der Waals surface area contributed by atoms with Gasteiger partial charge in [0.1, 0.15) is 4.83 Å². The Labute approximate surface area is 117 Å². The van der Waals surface area contributed by atoms with Gasteiger partial charge in [0.05, 0.1) is 11.1 Å². The molecule has 0 radical (unpaired) electrons. The fourth-order valence-electron chi connectivity index (χ4n) is 2.09. The number of nitrogens with zero attached hydrogens (tertiary/aromatic N) is 2. The Bertz CT molecular complexity index is 707. The number of aromatic nitrogens is 2. The fourth-order valence-corrected chi connectivity index (χ4v) is 3.67. The smallest absolute Gasteiger partial charge is 0.313 e. The topological polar surface area (TPSA) is 72.2 Å². The van der Waals surface area contributed by atoms with E-state index in [2.05, 4.69) is 11.9 Å². The van der Waals surface area contributed by atoms with Crippen molar-refractivity contribution in [3.05, 3.63) is 21.8 Å². The Morgan fingerprint density at radius 2 is 2.42 bits per heavy atom. The third kappa shape index (κ3) is 2.28. The summed E-state index contributed by atoms with van der Waals surface area (Å²) in [7, 11) is 0. The summed E-state index contributed by atoms with van der Waals surface area (Å²) in [5.41, 5.74) is -0.0477. The number of thiophene rings is 1. The lowest BCUT2D eigenvalue weighted by Crippen LogP contribution is -2.22. The van der Waals surface area contributed by atoms with Crippen molar-refractivity contribution in [2.24, 2.45) is 5.92 Å². The normalized spacial score (nSPS) is 21.7. The van der Waals surface area contributed by atoms with Gasteiger partial charge < -0.3 is 5.11 Å². The molecule has 0 aromatic carbocycles. The molecule has 7 heteroatoms. The number of aliphatic carboxylic acids is 1. The predicted octanol–water partition coefficient (Wildman–Crippen LogP) is 2.22. The maximum Gasteiger partial charge on any atom is 0.313 e. The van der Waals surface area contributed by atoms with E-state index < -0.39 is 5.97 Å². The first kappa shape index (κ1) is 12.7. The minimum Gasteiger partial charge on any atom is -0.481 e. The molecule has 1 fully saturated rings. The fraction of sp³-hybridized carbons (Fsp3) is 0.417. The van der Waals surface area contributed by atoms with Crippen LogP contribution < -0.4 is 5.56 Å². The van der Waals surface area contributed by atoms with Gasteiger partial charge in [0.2, 0.25) is 0 Å². The molecule has 0 amide bonds. The summed E-state index contributed by atoms with van der Waals surface area (Å²) in [5.74, 6) is -0.523. The van der Waals surface area contributed by atoms with Crippen LogP contribution >= 0.6 is 23.1 Å². The Morgan fingerprint density at radius 3 is 3.05 bits per heavy atom. The lowest BCUT2D eigenvalue weighted by atomic mass is 10.4. The van der Waals surface area contributed by atoms with Gasteiger partial charge in [-0.25, -0.2) is 4.98 Å². The number of hydrogen-bond donors (Lipinski definition) is 1. The average Bonchev–Trinajstić information content (AvgIpc) is 2.89. The van der Waals surface area contributed by atoms with Crippen LogP contribution in [0.5, 0.6) is 0 Å². The summed E-state index contributed by atoms with van der Waals surface area (Å²) in [5, 5.41) is 11.8. The van der Waals surface area contributed by atoms with Crippen LogP contribution in [0.4, 0.5) is 0 Å². The third-order valence-electron chi connectivity index (χ3n) is 3.22. The van der Waals surface area contributed by atoms with Crippen LogP contribution in [0.1, 0.15) is 19.4 Å². The van der Waals surface area contributed by atoms with E-state index >= 15 is 0 Å². The number of hydrogen-bond acceptors (Lipinski definition) is 5. The summed E-state index contributed by atoms with van der Waals surface area (Å²) in [6.45, 7) is 2.08. The molecule has 2 unspecified atom stereocenters. The second kappa shape index (κ2) is 4.64. The molecule has 0 spiro atoms. The highest BCUT2D eigenvalue weighted by atomic mass is 32.2. The number of fused-ring (bicyclic) bond motifs is 1. The highest BCUT2D eigenvalue weighted by molar-refractivity contribution is 7.99. The van der Waals surface area contributed by atoms with Crippen LogP contribution in [-0.2, 0) is 4.79 Å². The SMILES string of the molecule is CC1CC1n1c(SCC(=O)O)nc2sccc2c1=O. The van der Waals surface area contributed by atoms with Gasteiger partial charge in [0.15, 0.2) is 5.16 Å². The van der Waals surface area contributed by atoms with Gasteiger partial charge in [-0.1, -0.05) is 18.7 Å². The molecule has 19 heavy (non-hydrogen) atoms. The molecule has 2 atom stereocenters. The van der Waals surface area contributed by atoms with Crippen LogP contribution in [0.3, 0.4) is 0 Å². The monoisotopic (exact) mass is 296 g/mol. The summed E-state index contributed by atoms with van der Waals surface area (Å²) in [6, 6.07) is 1.95. The molecule has 2 aromatic heterocycles. The van der Waals surface area contributed by atoms with Gasteiger partial charge in [-0.15, -0.1) is 11.3 Å². The van der Waals surface area contributed by atoms with Gasteiger partial charge in [-0.05, 0) is 23.8 Å². The molecule has 2 heterocycles. The molecule has 0 aliphatic heterocycles. The Balaban J connectivity index is 2.11. The van der Waals surface area contributed by atoms with Gasteiger partial charge in [-0.3, -0.25) is 14.2 Å². The number of carbonyl (C=O) groups is 1. The van der Waals surface area contributed by atoms with E-state index in [9.17, 15) is 9.59 Å². The minimum absolute atomic E-state index is 0.0477. The standard InChI is InChI=1S/C12H12N2O3S2/c1-6-4-8(6)14-11(17)7-2-3-18-10(7)13-12(14)19-5-9(15)16/h2-3,6,8H,4-5H2,1H3,(H,15,16). The maximum absolute atomic E-state index is 12.5. The van der Waals surface area contributed by atoms with E-state index in [1.54, 1.807) is 10.6 Å². The van der Waals surface area contributed by atoms with Gasteiger partial charge in [0, 0.05) is 6.04 Å². The predicted molar refractivity (Wildman–Crippen MR) is 75.1 cm³/mol. The lowest BCUT2D eigenvalue weighted by Gasteiger charge is -2.10. The third-order valence-corrected chi connectivity index (χ3v) is 4.96. The van der Waals surface area contributed by atoms with Crippen molar-refractivity contribution >= 4 is 39.3 Å². The molecule has 0 saturated heterocycles. The van der Waals surface area contributed by atoms with E-state index in [-0.39, 0.29) is 17.4 Å². The Hall–Kier alpha value is -1.34. The van der Waals surface area contributed by atoms with Crippen molar-refractivity contribution in [2.75, 3.05) is 5.75 Å². The van der Waals surface area contributed by atoms with Crippen LogP contribution in [0.25, 0.3) is 10.2 Å². The maximum atomic E-state index is 12.5. The molecule has 2 aromatic rings. The van der Waals surface area contributed by atoms with Crippen LogP contribution in [-0.4, -0.2) is 26.4 Å². The zero-order valence-electron chi connectivity index (χ0n) is 10.2. The van der Waals surface area contributed by atoms with Crippen molar-refractivity contribution in [3.8, 4) is 0 Å². The van der Waals surface area contributed by atoms with Crippen molar-refractivity contribution in [2.45, 2.75) is 24.5 Å². The quantitative estimate of drug-likeness (QED) is 0.692. The Kier molecular flexibility index (Phi) is 3.10. The summed E-state index contributed by atoms with van der Waals surface area (Å²) in [4.78, 5) is 28.3. The summed E-state index contributed by atoms with van der Waals surface area (Å²) >= 11 is 2.52. The second-order valence-corrected chi connectivity index (χ2v) is 6.51. The van der Waals surface area contributed by atoms with E-state index in [4.69, 9.17) is 5.11 Å². The first-order valence-electron chi connectivity index (χ1n) is 5.92. The van der Waals surface area contributed by atoms with Crippen LogP contribution in [0, 0.1) is 5.92 Å². The molecule has 1 aliphatic rings. The van der Waals surface area contributed by atoms with E-state index in [0.29, 0.717) is 21.3 Å². The van der Waals surface area contributed by atoms with Gasteiger partial charge >= 0.3 is 5.97 Å². The number of rotatable bonds is 4. The molecule has 3 rings (SSSR count). The second-order valence-electron chi connectivity index (χ2n) is 4.67. The van der Waals surface area contributed by atoms with Gasteiger partial charge in [-0.2, -0.15) is 0 Å². The van der Waals surface area contributed by atoms with Crippen molar-refractivity contribution in [3.63, 3.8) is 0 Å². The van der Waals surface area contributed by atoms with E-state index in [1.807, 2.05) is 5.38 Å². The largest absolute Gasteiger partial charge is 0.481 e. The molecule has 100 valence electrons. The molecule has 1 N–H and O–H groups in total. The van der Waals surface area contributed by atoms with E-state index in [1.165, 1.54) is 11.3 Å². The lowest BCUT2D eigenvalue weighted by molar-refractivity contribution is -0.133. The minimum atomic E-state index is -0.902. The highest BCUT2D eigenvalue weighted by Gasteiger charge is 2.37. The number of carboxylic acid groups (broad SMARTS) is 1. The number of carboxylic acids is 1. The molecule has 0 bridgehead atoms.